The Kier molecular flexibility index (Phi) is 7.54. The van der Waals surface area contributed by atoms with Gasteiger partial charge in [0.05, 0.1) is 19.6 Å². The Bertz CT molecular complexity index is 916. The van der Waals surface area contributed by atoms with E-state index < -0.39 is 28.4 Å². The first-order valence-corrected chi connectivity index (χ1v) is 10.8. The van der Waals surface area contributed by atoms with Crippen LogP contribution in [0.4, 0.5) is 10.5 Å². The molecule has 1 aromatic heterocycles. The van der Waals surface area contributed by atoms with Crippen molar-refractivity contribution in [1.29, 1.82) is 0 Å². The number of nitrogens with one attached hydrogen (secondary N) is 2. The minimum absolute atomic E-state index is 0.0451. The summed E-state index contributed by atoms with van der Waals surface area (Å²) in [6.07, 6.45) is -0.533. The van der Waals surface area contributed by atoms with Gasteiger partial charge in [0.15, 0.2) is 4.70 Å². The van der Waals surface area contributed by atoms with Crippen molar-refractivity contribution < 1.29 is 28.4 Å². The molecule has 1 aromatic carbocycles. The Morgan fingerprint density at radius 1 is 1.20 bits per heavy atom. The molecule has 0 spiro atoms. The van der Waals surface area contributed by atoms with Gasteiger partial charge in [-0.05, 0) is 49.6 Å². The molecule has 0 aliphatic heterocycles. The fourth-order valence-electron chi connectivity index (χ4n) is 2.88. The van der Waals surface area contributed by atoms with E-state index in [1.165, 1.54) is 14.2 Å². The van der Waals surface area contributed by atoms with Gasteiger partial charge < -0.3 is 29.4 Å². The Balaban J connectivity index is 2.40. The quantitative estimate of drug-likeness (QED) is 0.489. The number of carbonyl (C=O) groups is 2. The summed E-state index contributed by atoms with van der Waals surface area (Å²) in [4.78, 5) is 24.5. The molecule has 2 unspecified atom stereocenters. The number of benzene rings is 1. The van der Waals surface area contributed by atoms with E-state index in [-0.39, 0.29) is 23.4 Å². The lowest BCUT2D eigenvalue weighted by molar-refractivity contribution is 0.0522. The first-order valence-electron chi connectivity index (χ1n) is 9.64. The molecule has 0 bridgehead atoms. The number of rotatable bonds is 7. The van der Waals surface area contributed by atoms with Crippen LogP contribution < -0.4 is 15.4 Å². The van der Waals surface area contributed by atoms with Crippen molar-refractivity contribution in [3.05, 3.63) is 23.1 Å². The van der Waals surface area contributed by atoms with Crippen LogP contribution in [0.3, 0.4) is 0 Å². The predicted molar refractivity (Wildman–Crippen MR) is 117 cm³/mol. The molecule has 0 saturated heterocycles. The summed E-state index contributed by atoms with van der Waals surface area (Å²) in [5.41, 5.74) is -0.192. The molecule has 8 nitrogen and oxygen atoms in total. The first kappa shape index (κ1) is 23.8. The zero-order valence-corrected chi connectivity index (χ0v) is 19.3. The normalized spacial score (nSPS) is 13.2. The van der Waals surface area contributed by atoms with Crippen LogP contribution in [0.5, 0.6) is 5.75 Å². The number of alkyl carbamates (subject to hydrolysis) is 1. The molecule has 30 heavy (non-hydrogen) atoms. The number of esters is 1. The van der Waals surface area contributed by atoms with Gasteiger partial charge in [0.2, 0.25) is 0 Å². The van der Waals surface area contributed by atoms with Crippen molar-refractivity contribution in [2.75, 3.05) is 26.1 Å². The largest absolute Gasteiger partial charge is 0.590 e. The summed E-state index contributed by atoms with van der Waals surface area (Å²) in [6.45, 7) is 9.57. The van der Waals surface area contributed by atoms with Gasteiger partial charge in [-0.25, -0.2) is 9.59 Å². The van der Waals surface area contributed by atoms with Crippen LogP contribution in [0.15, 0.2) is 18.2 Å². The molecular formula is C21H30N2O6S. The lowest BCUT2D eigenvalue weighted by atomic mass is 10.0. The maximum absolute atomic E-state index is 13.0. The van der Waals surface area contributed by atoms with E-state index in [2.05, 4.69) is 10.6 Å². The topological polar surface area (TPSA) is 109 Å². The Labute approximate surface area is 179 Å². The lowest BCUT2D eigenvalue weighted by Crippen LogP contribution is -2.42. The lowest BCUT2D eigenvalue weighted by Gasteiger charge is -2.25. The van der Waals surface area contributed by atoms with Crippen molar-refractivity contribution in [3.63, 3.8) is 0 Å². The van der Waals surface area contributed by atoms with Crippen molar-refractivity contribution in [3.8, 4) is 5.75 Å². The molecule has 9 heteroatoms. The molecule has 0 saturated carbocycles. The number of methoxy groups -OCH3 is 2. The van der Waals surface area contributed by atoms with Crippen LogP contribution in [0, 0.1) is 5.92 Å². The number of fused-ring (bicyclic) bond motifs is 1. The smallest absolute Gasteiger partial charge is 0.407 e. The van der Waals surface area contributed by atoms with Crippen LogP contribution in [0.2, 0.25) is 0 Å². The molecule has 1 heterocycles. The van der Waals surface area contributed by atoms with Gasteiger partial charge in [0.25, 0.3) is 4.88 Å². The van der Waals surface area contributed by atoms with Crippen LogP contribution >= 0.6 is 10.8 Å². The predicted octanol–water partition coefficient (Wildman–Crippen LogP) is 4.32. The molecule has 0 fully saturated rings. The zero-order valence-electron chi connectivity index (χ0n) is 18.5. The minimum atomic E-state index is -1.69. The van der Waals surface area contributed by atoms with Gasteiger partial charge in [0, 0.05) is 18.7 Å². The summed E-state index contributed by atoms with van der Waals surface area (Å²) in [5.74, 6) is -0.0211. The molecule has 0 aliphatic rings. The van der Waals surface area contributed by atoms with Crippen LogP contribution in [0.25, 0.3) is 10.1 Å². The van der Waals surface area contributed by atoms with Crippen molar-refractivity contribution in [2.24, 2.45) is 5.92 Å². The van der Waals surface area contributed by atoms with E-state index in [0.717, 1.165) is 0 Å². The molecule has 2 atom stereocenters. The highest BCUT2D eigenvalue weighted by Crippen LogP contribution is 2.44. The second-order valence-electron chi connectivity index (χ2n) is 8.20. The van der Waals surface area contributed by atoms with Crippen molar-refractivity contribution in [1.82, 2.24) is 5.32 Å². The summed E-state index contributed by atoms with van der Waals surface area (Å²) < 4.78 is 28.9. The third kappa shape index (κ3) is 5.54. The van der Waals surface area contributed by atoms with E-state index in [0.29, 0.717) is 21.5 Å². The average molecular weight is 439 g/mol. The maximum Gasteiger partial charge on any atom is 0.407 e. The first-order chi connectivity index (χ1) is 14.0. The zero-order chi connectivity index (χ0) is 22.6. The van der Waals surface area contributed by atoms with E-state index >= 15 is 0 Å². The van der Waals surface area contributed by atoms with Gasteiger partial charge in [-0.2, -0.15) is 0 Å². The van der Waals surface area contributed by atoms with Gasteiger partial charge in [-0.1, -0.05) is 13.8 Å². The highest BCUT2D eigenvalue weighted by atomic mass is 32.2. The van der Waals surface area contributed by atoms with E-state index in [4.69, 9.17) is 14.2 Å². The van der Waals surface area contributed by atoms with Gasteiger partial charge in [-0.3, -0.25) is 0 Å². The van der Waals surface area contributed by atoms with Gasteiger partial charge >= 0.3 is 12.1 Å². The highest BCUT2D eigenvalue weighted by Gasteiger charge is 2.32. The van der Waals surface area contributed by atoms with E-state index in [1.54, 1.807) is 39.0 Å². The molecule has 2 rings (SSSR count). The molecular weight excluding hydrogens is 408 g/mol. The fourth-order valence-corrected chi connectivity index (χ4v) is 4.24. The van der Waals surface area contributed by atoms with E-state index in [9.17, 15) is 14.1 Å². The number of hydrogen-bond acceptors (Lipinski definition) is 7. The third-order valence-corrected chi connectivity index (χ3v) is 5.94. The SMILES string of the molecule is COC(=O)c1c(NC(CNC(=O)OC(C)(C)C)C(C)C)c2cc(OC)ccc2[s+]1[O-]. The number of thiophene rings is 1. The molecule has 0 radical (unpaired) electrons. The summed E-state index contributed by atoms with van der Waals surface area (Å²) >= 11 is 0. The van der Waals surface area contributed by atoms with Gasteiger partial charge in [0.1, 0.15) is 17.0 Å². The van der Waals surface area contributed by atoms with Crippen molar-refractivity contribution in [2.45, 2.75) is 46.3 Å². The second kappa shape index (κ2) is 9.53. The molecule has 2 aromatic rings. The standard InChI is InChI=1S/C21H30N2O6S/c1-12(2)15(11-22-20(25)29-21(3,4)5)23-17-14-10-13(27-6)8-9-16(14)30(26)18(17)19(24)28-7/h8-10,12,15,23H,11H2,1-7H3,(H,22,25). The highest BCUT2D eigenvalue weighted by molar-refractivity contribution is 7.33. The summed E-state index contributed by atoms with van der Waals surface area (Å²) in [7, 11) is 1.10. The number of ether oxygens (including phenoxy) is 3. The van der Waals surface area contributed by atoms with Crippen LogP contribution in [-0.2, 0) is 9.47 Å². The maximum atomic E-state index is 13.0. The monoisotopic (exact) mass is 438 g/mol. The van der Waals surface area contributed by atoms with Crippen molar-refractivity contribution >= 4 is 38.6 Å². The molecule has 0 aliphatic carbocycles. The number of anilines is 1. The van der Waals surface area contributed by atoms with E-state index in [1.807, 2.05) is 13.8 Å². The van der Waals surface area contributed by atoms with Crippen LogP contribution in [-0.4, -0.2) is 49.0 Å². The summed E-state index contributed by atoms with van der Waals surface area (Å²) in [6, 6.07) is 4.83. The Morgan fingerprint density at radius 3 is 2.40 bits per heavy atom. The number of carbonyl (C=O) groups excluding carboxylic acids is 2. The second-order valence-corrected chi connectivity index (χ2v) is 9.59. The van der Waals surface area contributed by atoms with Gasteiger partial charge in [-0.15, -0.1) is 0 Å². The Hall–Kier alpha value is -2.52. The minimum Gasteiger partial charge on any atom is -0.590 e. The molecule has 1 amide bonds. The molecule has 166 valence electrons. The molecule has 2 N–H and O–H groups in total. The number of hydrogen-bond donors (Lipinski definition) is 2. The third-order valence-electron chi connectivity index (χ3n) is 4.44. The summed E-state index contributed by atoms with van der Waals surface area (Å²) in [5, 5.41) is 6.65. The number of amides is 1. The van der Waals surface area contributed by atoms with Crippen LogP contribution in [0.1, 0.15) is 44.3 Å². The Morgan fingerprint density at radius 2 is 1.87 bits per heavy atom. The fraction of sp³-hybridized carbons (Fsp3) is 0.524. The average Bonchev–Trinajstić information content (AvgIpc) is 2.93.